The number of Topliss-reactive ketones (excluding diaryl/α,β-unsaturated/α-hetero) is 1. The summed E-state index contributed by atoms with van der Waals surface area (Å²) in [5.41, 5.74) is 0. The van der Waals surface area contributed by atoms with Gasteiger partial charge in [-0.3, -0.25) is 57.0 Å². The van der Waals surface area contributed by atoms with E-state index in [1.54, 1.807) is 19.6 Å². The number of hydrogen-bond donors (Lipinski definition) is 11. The van der Waals surface area contributed by atoms with Crippen molar-refractivity contribution >= 4 is 53.9 Å². The maximum atomic E-state index is 12.6. The average Bonchev–Trinajstić information content (AvgIpc) is 2.92. The lowest BCUT2D eigenvalue weighted by Gasteiger charge is -2.33. The van der Waals surface area contributed by atoms with E-state index in [4.69, 9.17) is 39.1 Å². The molecule has 280 valence electrons. The second-order valence-electron chi connectivity index (χ2n) is 11.0. The molecular weight excluding hydrogens is 730 g/mol. The zero-order chi connectivity index (χ0) is 36.8. The summed E-state index contributed by atoms with van der Waals surface area (Å²) in [5, 5.41) is 6.35. The molecule has 23 nitrogen and oxygen atoms in total. The van der Waals surface area contributed by atoms with E-state index in [0.29, 0.717) is 0 Å². The molecule has 1 aliphatic heterocycles. The summed E-state index contributed by atoms with van der Waals surface area (Å²) in [4.78, 5) is 129. The van der Waals surface area contributed by atoms with E-state index < -0.39 is 85.3 Å². The molecule has 0 unspecified atom stereocenters. The molecule has 0 aromatic heterocycles. The van der Waals surface area contributed by atoms with Crippen molar-refractivity contribution in [2.45, 2.75) is 6.42 Å². The zero-order valence-electron chi connectivity index (χ0n) is 25.9. The molecule has 3 amide bonds. The number of carbonyl (C=O) groups is 4. The van der Waals surface area contributed by atoms with Gasteiger partial charge in [0.25, 0.3) is 0 Å². The number of amides is 3. The molecule has 27 heteroatoms. The molecule has 0 bridgehead atoms. The lowest BCUT2D eigenvalue weighted by Crippen LogP contribution is -2.51. The van der Waals surface area contributed by atoms with Crippen molar-refractivity contribution in [1.82, 2.24) is 35.6 Å². The Morgan fingerprint density at radius 3 is 0.917 bits per heavy atom. The van der Waals surface area contributed by atoms with Gasteiger partial charge in [-0.25, -0.2) is 0 Å². The van der Waals surface area contributed by atoms with Gasteiger partial charge in [0.15, 0.2) is 0 Å². The summed E-state index contributed by atoms with van der Waals surface area (Å²) >= 11 is 0. The Morgan fingerprint density at radius 1 is 0.438 bits per heavy atom. The first kappa shape index (κ1) is 44.5. The van der Waals surface area contributed by atoms with Gasteiger partial charge in [-0.15, -0.1) is 0 Å². The van der Waals surface area contributed by atoms with E-state index >= 15 is 0 Å². The molecular formula is C21H45N7O16P4. The Bertz CT molecular complexity index is 1080. The van der Waals surface area contributed by atoms with E-state index in [-0.39, 0.29) is 78.5 Å². The van der Waals surface area contributed by atoms with E-state index in [1.807, 2.05) is 0 Å². The van der Waals surface area contributed by atoms with Gasteiger partial charge < -0.3 is 55.1 Å². The molecule has 1 saturated heterocycles. The maximum Gasteiger partial charge on any atom is 0.344 e. The van der Waals surface area contributed by atoms with Crippen molar-refractivity contribution in [3.8, 4) is 0 Å². The average molecular weight is 776 g/mol. The van der Waals surface area contributed by atoms with Crippen LogP contribution in [-0.2, 0) is 37.4 Å². The number of hydrogen-bond acceptors (Lipinski definition) is 12. The van der Waals surface area contributed by atoms with Crippen molar-refractivity contribution in [3.63, 3.8) is 0 Å². The Hall–Kier alpha value is -1.48. The topological polar surface area (TPSA) is 347 Å². The van der Waals surface area contributed by atoms with E-state index in [9.17, 15) is 37.4 Å². The lowest BCUT2D eigenvalue weighted by atomic mass is 10.2. The molecule has 0 aromatic rings. The third-order valence-corrected chi connectivity index (χ3v) is 9.08. The van der Waals surface area contributed by atoms with Crippen molar-refractivity contribution in [1.29, 1.82) is 0 Å². The third-order valence-electron chi connectivity index (χ3n) is 6.56. The first-order valence-corrected chi connectivity index (χ1v) is 21.5. The monoisotopic (exact) mass is 775 g/mol. The van der Waals surface area contributed by atoms with Crippen LogP contribution in [0.5, 0.6) is 0 Å². The highest BCUT2D eigenvalue weighted by Gasteiger charge is 2.24. The largest absolute Gasteiger partial charge is 0.344 e. The molecule has 1 heterocycles. The number of nitrogens with zero attached hydrogens (tertiary/aromatic N) is 4. The Balaban J connectivity index is 3.22. The first-order valence-electron chi connectivity index (χ1n) is 14.3. The normalized spacial score (nSPS) is 17.6. The fraction of sp³-hybridized carbons (Fsp3) is 0.810. The minimum Gasteiger partial charge on any atom is -0.343 e. The van der Waals surface area contributed by atoms with Crippen molar-refractivity contribution in [2.24, 2.45) is 0 Å². The zero-order valence-corrected chi connectivity index (χ0v) is 29.5. The van der Waals surface area contributed by atoms with E-state index in [0.717, 1.165) is 0 Å². The van der Waals surface area contributed by atoms with Gasteiger partial charge in [-0.05, 0) is 0 Å². The van der Waals surface area contributed by atoms with Gasteiger partial charge in [0.1, 0.15) is 24.6 Å². The molecule has 0 atom stereocenters. The first-order chi connectivity index (χ1) is 21.9. The molecule has 0 aromatic carbocycles. The molecule has 1 fully saturated rings. The van der Waals surface area contributed by atoms with Gasteiger partial charge in [0, 0.05) is 58.8 Å². The number of rotatable bonds is 17. The molecule has 0 radical (unpaired) electrons. The Morgan fingerprint density at radius 2 is 0.688 bits per heavy atom. The van der Waals surface area contributed by atoms with Crippen LogP contribution in [0.15, 0.2) is 0 Å². The summed E-state index contributed by atoms with van der Waals surface area (Å²) in [6.45, 7) is -0.735. The summed E-state index contributed by atoms with van der Waals surface area (Å²) < 4.78 is 44.9. The van der Waals surface area contributed by atoms with Crippen LogP contribution in [0.2, 0.25) is 0 Å². The van der Waals surface area contributed by atoms with Crippen LogP contribution < -0.4 is 16.0 Å². The minimum absolute atomic E-state index is 0.0641. The highest BCUT2D eigenvalue weighted by Crippen LogP contribution is 2.35. The van der Waals surface area contributed by atoms with Gasteiger partial charge in [-0.1, -0.05) is 0 Å². The number of nitrogens with one attached hydrogen (secondary N) is 3. The van der Waals surface area contributed by atoms with Crippen LogP contribution in [0, 0.1) is 0 Å². The van der Waals surface area contributed by atoms with Crippen LogP contribution in [0.3, 0.4) is 0 Å². The third kappa shape index (κ3) is 24.6. The predicted octanol–water partition coefficient (Wildman–Crippen LogP) is -4.90. The van der Waals surface area contributed by atoms with Crippen LogP contribution in [0.1, 0.15) is 6.42 Å². The summed E-state index contributed by atoms with van der Waals surface area (Å²) in [7, 11) is -18.1. The predicted molar refractivity (Wildman–Crippen MR) is 167 cm³/mol. The van der Waals surface area contributed by atoms with Crippen LogP contribution in [-0.4, -0.2) is 186 Å². The molecule has 48 heavy (non-hydrogen) atoms. The van der Waals surface area contributed by atoms with Crippen molar-refractivity contribution in [3.05, 3.63) is 0 Å². The summed E-state index contributed by atoms with van der Waals surface area (Å²) in [6, 6.07) is 0. The van der Waals surface area contributed by atoms with E-state index in [1.165, 1.54) is 0 Å². The SMILES string of the molecule is O=C(CCP(=O)(O)O)CN1CCN(CC(=O)NCP(=O)(O)O)CCN(CC(=O)NCP(=O)(O)O)CCN(CC(=O)NCP(=O)(O)O)CC1. The molecule has 0 spiro atoms. The molecule has 0 aliphatic carbocycles. The van der Waals surface area contributed by atoms with Crippen LogP contribution in [0.25, 0.3) is 0 Å². The molecule has 1 aliphatic rings. The second-order valence-corrected chi connectivity index (χ2v) is 17.8. The summed E-state index contributed by atoms with van der Waals surface area (Å²) in [6.07, 6.45) is -3.84. The fourth-order valence-electron chi connectivity index (χ4n) is 4.16. The van der Waals surface area contributed by atoms with Gasteiger partial charge in [0.05, 0.1) is 32.3 Å². The summed E-state index contributed by atoms with van der Waals surface area (Å²) in [5.74, 6) is -2.74. The fourth-order valence-corrected chi connectivity index (χ4v) is 5.85. The Labute approximate surface area is 276 Å². The molecule has 11 N–H and O–H groups in total. The molecule has 0 saturated carbocycles. The number of ketones is 1. The van der Waals surface area contributed by atoms with E-state index in [2.05, 4.69) is 16.0 Å². The minimum atomic E-state index is -4.56. The van der Waals surface area contributed by atoms with Crippen molar-refractivity contribution in [2.75, 3.05) is 104 Å². The molecule has 1 rings (SSSR count). The lowest BCUT2D eigenvalue weighted by molar-refractivity contribution is -0.124. The van der Waals surface area contributed by atoms with Gasteiger partial charge >= 0.3 is 30.4 Å². The highest BCUT2D eigenvalue weighted by molar-refractivity contribution is 7.52. The standard InChI is InChI=1S/C21H45N7O16P4/c29-18(1-10-45(33,34)35)11-25-2-4-26(12-19(30)22-15-46(36,37)38)6-8-28(14-21(32)24-17-48(42,43)44)9-7-27(5-3-25)13-20(31)23-16-47(39,40)41/h1-17H2,(H,22,30)(H,23,31)(H,24,32)(H2,33,34,35)(H2,36,37,38)(H2,39,40,41)(H2,42,43,44). The highest BCUT2D eigenvalue weighted by atomic mass is 31.2. The quantitative estimate of drug-likeness (QED) is 0.0617. The van der Waals surface area contributed by atoms with Crippen molar-refractivity contribution < 1.29 is 76.6 Å². The van der Waals surface area contributed by atoms with Crippen LogP contribution in [0.4, 0.5) is 0 Å². The van der Waals surface area contributed by atoms with Gasteiger partial charge in [0.2, 0.25) is 17.7 Å². The Kier molecular flexibility index (Phi) is 18.9. The van der Waals surface area contributed by atoms with Crippen LogP contribution >= 0.6 is 30.4 Å². The maximum absolute atomic E-state index is 12.6. The number of carbonyl (C=O) groups excluding carboxylic acids is 4. The smallest absolute Gasteiger partial charge is 0.343 e. The second kappa shape index (κ2) is 20.4. The van der Waals surface area contributed by atoms with Gasteiger partial charge in [-0.2, -0.15) is 0 Å².